The lowest BCUT2D eigenvalue weighted by molar-refractivity contribution is -0.114. The van der Waals surface area contributed by atoms with Crippen LogP contribution < -0.4 is 9.62 Å². The van der Waals surface area contributed by atoms with Gasteiger partial charge in [-0.2, -0.15) is 0 Å². The number of ether oxygens (including phenoxy) is 1. The topological polar surface area (TPSA) is 92.8 Å². The smallest absolute Gasteiger partial charge is 0.339 e. The van der Waals surface area contributed by atoms with Gasteiger partial charge in [-0.3, -0.25) is 9.10 Å². The first-order valence-electron chi connectivity index (χ1n) is 9.64. The van der Waals surface area contributed by atoms with E-state index < -0.39 is 34.3 Å². The highest BCUT2D eigenvalue weighted by molar-refractivity contribution is 7.92. The van der Waals surface area contributed by atoms with Gasteiger partial charge in [0.15, 0.2) is 0 Å². The number of hydrogen-bond acceptors (Lipinski definition) is 5. The molecular weight excluding hydrogens is 471 g/mol. The molecule has 0 atom stereocenters. The minimum absolute atomic E-state index is 0.0234. The van der Waals surface area contributed by atoms with Crippen LogP contribution in [0.1, 0.15) is 15.9 Å². The van der Waals surface area contributed by atoms with E-state index in [1.54, 1.807) is 12.1 Å². The van der Waals surface area contributed by atoms with Crippen molar-refractivity contribution in [1.82, 2.24) is 0 Å². The molecule has 0 spiro atoms. The number of carbonyl (C=O) groups excluding carboxylic acids is 2. The number of nitrogens with zero attached hydrogens (tertiary/aromatic N) is 1. The molecule has 3 aromatic carbocycles. The van der Waals surface area contributed by atoms with Crippen LogP contribution in [-0.4, -0.2) is 33.9 Å². The quantitative estimate of drug-likeness (QED) is 0.495. The van der Waals surface area contributed by atoms with Gasteiger partial charge in [0.1, 0.15) is 12.4 Å². The van der Waals surface area contributed by atoms with Crippen LogP contribution >= 0.6 is 11.6 Å². The average Bonchev–Trinajstić information content (AvgIpc) is 2.79. The molecule has 0 radical (unpaired) electrons. The van der Waals surface area contributed by atoms with E-state index in [-0.39, 0.29) is 26.9 Å². The van der Waals surface area contributed by atoms with Crippen LogP contribution in [0.4, 0.5) is 15.8 Å². The number of sulfonamides is 1. The molecular formula is C23H20ClFN2O5S. The van der Waals surface area contributed by atoms with Gasteiger partial charge >= 0.3 is 5.97 Å². The molecule has 10 heteroatoms. The first kappa shape index (κ1) is 24.2. The Balaban J connectivity index is 1.92. The Labute approximate surface area is 195 Å². The van der Waals surface area contributed by atoms with Crippen LogP contribution in [0.3, 0.4) is 0 Å². The largest absolute Gasteiger partial charge is 0.465 e. The second kappa shape index (κ2) is 10.0. The predicted molar refractivity (Wildman–Crippen MR) is 124 cm³/mol. The summed E-state index contributed by atoms with van der Waals surface area (Å²) in [6.07, 6.45) is 0. The molecule has 0 aliphatic rings. The number of hydrogen-bond donors (Lipinski definition) is 1. The number of methoxy groups -OCH3 is 1. The molecule has 0 heterocycles. The van der Waals surface area contributed by atoms with Gasteiger partial charge in [-0.25, -0.2) is 17.6 Å². The van der Waals surface area contributed by atoms with Crippen molar-refractivity contribution in [3.05, 3.63) is 88.7 Å². The Morgan fingerprint density at radius 3 is 2.27 bits per heavy atom. The lowest BCUT2D eigenvalue weighted by Gasteiger charge is -2.24. The number of benzene rings is 3. The van der Waals surface area contributed by atoms with Gasteiger partial charge in [-0.15, -0.1) is 0 Å². The van der Waals surface area contributed by atoms with E-state index in [1.807, 2.05) is 6.92 Å². The van der Waals surface area contributed by atoms with Crippen LogP contribution in [0.15, 0.2) is 71.6 Å². The van der Waals surface area contributed by atoms with Crippen molar-refractivity contribution in [3.63, 3.8) is 0 Å². The summed E-state index contributed by atoms with van der Waals surface area (Å²) in [7, 11) is -2.95. The summed E-state index contributed by atoms with van der Waals surface area (Å²) in [5, 5.41) is 2.68. The van der Waals surface area contributed by atoms with E-state index >= 15 is 0 Å². The van der Waals surface area contributed by atoms with Crippen molar-refractivity contribution in [2.24, 2.45) is 0 Å². The second-order valence-electron chi connectivity index (χ2n) is 7.04. The highest BCUT2D eigenvalue weighted by Crippen LogP contribution is 2.25. The van der Waals surface area contributed by atoms with Crippen molar-refractivity contribution < 1.29 is 27.1 Å². The SMILES string of the molecule is COC(=O)c1cc(NC(=O)CN(c2ccc(F)cc2)S(=O)(=O)c2ccc(C)cc2)ccc1Cl. The van der Waals surface area contributed by atoms with Gasteiger partial charge < -0.3 is 10.1 Å². The van der Waals surface area contributed by atoms with Crippen molar-refractivity contribution in [2.75, 3.05) is 23.3 Å². The Morgan fingerprint density at radius 2 is 1.67 bits per heavy atom. The van der Waals surface area contributed by atoms with E-state index in [0.717, 1.165) is 22.0 Å². The lowest BCUT2D eigenvalue weighted by Crippen LogP contribution is -2.38. The van der Waals surface area contributed by atoms with Crippen molar-refractivity contribution in [3.8, 4) is 0 Å². The molecule has 0 saturated carbocycles. The van der Waals surface area contributed by atoms with Gasteiger partial charge in [-0.05, 0) is 61.5 Å². The maximum absolute atomic E-state index is 13.4. The minimum atomic E-state index is -4.15. The van der Waals surface area contributed by atoms with Gasteiger partial charge in [-0.1, -0.05) is 29.3 Å². The van der Waals surface area contributed by atoms with Crippen molar-refractivity contribution >= 4 is 44.9 Å². The monoisotopic (exact) mass is 490 g/mol. The number of anilines is 2. The van der Waals surface area contributed by atoms with Crippen LogP contribution in [0.2, 0.25) is 5.02 Å². The number of carbonyl (C=O) groups is 2. The normalized spacial score (nSPS) is 11.0. The Morgan fingerprint density at radius 1 is 1.03 bits per heavy atom. The van der Waals surface area contributed by atoms with E-state index in [2.05, 4.69) is 10.1 Å². The third-order valence-corrected chi connectivity index (χ3v) is 6.78. The van der Waals surface area contributed by atoms with Crippen LogP contribution in [0, 0.1) is 12.7 Å². The van der Waals surface area contributed by atoms with Crippen LogP contribution in [-0.2, 0) is 19.6 Å². The molecule has 0 aliphatic carbocycles. The van der Waals surface area contributed by atoms with E-state index in [4.69, 9.17) is 11.6 Å². The lowest BCUT2D eigenvalue weighted by atomic mass is 10.2. The minimum Gasteiger partial charge on any atom is -0.465 e. The molecule has 0 bridgehead atoms. The molecule has 1 N–H and O–H groups in total. The Kier molecular flexibility index (Phi) is 7.35. The molecule has 3 rings (SSSR count). The molecule has 0 aromatic heterocycles. The summed E-state index contributed by atoms with van der Waals surface area (Å²) in [5.41, 5.74) is 1.24. The maximum atomic E-state index is 13.4. The number of nitrogens with one attached hydrogen (secondary N) is 1. The van der Waals surface area contributed by atoms with Crippen LogP contribution in [0.25, 0.3) is 0 Å². The van der Waals surface area contributed by atoms with Gasteiger partial charge in [0, 0.05) is 5.69 Å². The Bertz CT molecular complexity index is 1280. The average molecular weight is 491 g/mol. The molecule has 33 heavy (non-hydrogen) atoms. The number of amides is 1. The molecule has 172 valence electrons. The summed E-state index contributed by atoms with van der Waals surface area (Å²) in [5.74, 6) is -1.92. The summed E-state index contributed by atoms with van der Waals surface area (Å²) in [4.78, 5) is 24.6. The first-order chi connectivity index (χ1) is 15.6. The van der Waals surface area contributed by atoms with Gasteiger partial charge in [0.05, 0.1) is 28.3 Å². The molecule has 3 aromatic rings. The van der Waals surface area contributed by atoms with Crippen LogP contribution in [0.5, 0.6) is 0 Å². The Hall–Kier alpha value is -3.43. The zero-order chi connectivity index (χ0) is 24.2. The van der Waals surface area contributed by atoms with E-state index in [9.17, 15) is 22.4 Å². The molecule has 0 fully saturated rings. The molecule has 7 nitrogen and oxygen atoms in total. The van der Waals surface area contributed by atoms with Crippen molar-refractivity contribution in [1.29, 1.82) is 0 Å². The molecule has 0 saturated heterocycles. The number of aryl methyl sites for hydroxylation is 1. The van der Waals surface area contributed by atoms with E-state index in [0.29, 0.717) is 0 Å². The fraction of sp³-hybridized carbons (Fsp3) is 0.130. The summed E-state index contributed by atoms with van der Waals surface area (Å²) in [6, 6.07) is 15.1. The van der Waals surface area contributed by atoms with Gasteiger partial charge in [0.2, 0.25) is 5.91 Å². The van der Waals surface area contributed by atoms with Gasteiger partial charge in [0.25, 0.3) is 10.0 Å². The fourth-order valence-corrected chi connectivity index (χ4v) is 4.58. The standard InChI is InChI=1S/C23H20ClFN2O5S/c1-15-3-10-19(11-4-15)33(30,31)27(18-8-5-16(25)6-9-18)14-22(28)26-17-7-12-21(24)20(13-17)23(29)32-2/h3-13H,14H2,1-2H3,(H,26,28). The zero-order valence-electron chi connectivity index (χ0n) is 17.7. The molecule has 1 amide bonds. The zero-order valence-corrected chi connectivity index (χ0v) is 19.3. The van der Waals surface area contributed by atoms with E-state index in [1.165, 1.54) is 49.6 Å². The summed E-state index contributed by atoms with van der Waals surface area (Å²) in [6.45, 7) is 1.22. The summed E-state index contributed by atoms with van der Waals surface area (Å²) < 4.78 is 45.6. The predicted octanol–water partition coefficient (Wildman–Crippen LogP) is 4.41. The number of esters is 1. The maximum Gasteiger partial charge on any atom is 0.339 e. The highest BCUT2D eigenvalue weighted by Gasteiger charge is 2.27. The third-order valence-electron chi connectivity index (χ3n) is 4.67. The first-order valence-corrected chi connectivity index (χ1v) is 11.5. The second-order valence-corrected chi connectivity index (χ2v) is 9.31. The number of halogens is 2. The van der Waals surface area contributed by atoms with Crippen molar-refractivity contribution in [2.45, 2.75) is 11.8 Å². The third kappa shape index (κ3) is 5.68. The molecule has 0 unspecified atom stereocenters. The summed E-state index contributed by atoms with van der Waals surface area (Å²) >= 11 is 5.99. The fourth-order valence-electron chi connectivity index (χ4n) is 2.96. The number of rotatable bonds is 7. The molecule has 0 aliphatic heterocycles. The highest BCUT2D eigenvalue weighted by atomic mass is 35.5.